The van der Waals surface area contributed by atoms with E-state index in [1.54, 1.807) is 4.90 Å². The number of rotatable bonds is 9. The monoisotopic (exact) mass is 257 g/mol. The van der Waals surface area contributed by atoms with Crippen molar-refractivity contribution < 1.29 is 10.0 Å². The van der Waals surface area contributed by atoms with Gasteiger partial charge in [0.15, 0.2) is 5.84 Å². The van der Waals surface area contributed by atoms with Gasteiger partial charge in [0.2, 0.25) is 5.91 Å². The summed E-state index contributed by atoms with van der Waals surface area (Å²) in [4.78, 5) is 14.0. The van der Waals surface area contributed by atoms with E-state index < -0.39 is 0 Å². The smallest absolute Gasteiger partial charge is 0.226 e. The number of carbonyl (C=O) groups is 1. The van der Waals surface area contributed by atoms with E-state index in [4.69, 9.17) is 10.9 Å². The number of oxime groups is 1. The first-order chi connectivity index (χ1) is 8.60. The number of carbonyl (C=O) groups excluding carboxylic acids is 1. The highest BCUT2D eigenvalue weighted by atomic mass is 16.4. The second-order valence-electron chi connectivity index (χ2n) is 4.60. The molecule has 1 unspecified atom stereocenters. The maximum atomic E-state index is 12.4. The molecule has 0 saturated carbocycles. The molecule has 0 fully saturated rings. The molecule has 1 amide bonds. The highest BCUT2D eigenvalue weighted by Gasteiger charge is 2.22. The molecule has 5 heteroatoms. The summed E-state index contributed by atoms with van der Waals surface area (Å²) in [5.74, 6) is 0.268. The molecule has 0 rings (SSSR count). The van der Waals surface area contributed by atoms with E-state index in [2.05, 4.69) is 12.1 Å². The molecule has 18 heavy (non-hydrogen) atoms. The Bertz CT molecular complexity index is 267. The van der Waals surface area contributed by atoms with Gasteiger partial charge in [0.1, 0.15) is 0 Å². The summed E-state index contributed by atoms with van der Waals surface area (Å²) < 4.78 is 0. The Kier molecular flexibility index (Phi) is 9.06. The quantitative estimate of drug-likeness (QED) is 0.287. The van der Waals surface area contributed by atoms with Gasteiger partial charge < -0.3 is 15.8 Å². The normalized spacial score (nSPS) is 13.4. The number of hydrogen-bond donors (Lipinski definition) is 2. The molecule has 106 valence electrons. The second kappa shape index (κ2) is 9.74. The molecule has 5 nitrogen and oxygen atoms in total. The van der Waals surface area contributed by atoms with Crippen LogP contribution in [0.5, 0.6) is 0 Å². The van der Waals surface area contributed by atoms with Crippen molar-refractivity contribution in [1.29, 1.82) is 0 Å². The Balaban J connectivity index is 4.59. The Morgan fingerprint density at radius 3 is 2.44 bits per heavy atom. The highest BCUT2D eigenvalue weighted by Crippen LogP contribution is 2.16. The van der Waals surface area contributed by atoms with Gasteiger partial charge in [0, 0.05) is 12.5 Å². The molecule has 1 atom stereocenters. The van der Waals surface area contributed by atoms with E-state index in [-0.39, 0.29) is 24.2 Å². The van der Waals surface area contributed by atoms with Gasteiger partial charge in [-0.3, -0.25) is 4.79 Å². The zero-order valence-corrected chi connectivity index (χ0v) is 11.9. The number of hydrogen-bond acceptors (Lipinski definition) is 3. The topological polar surface area (TPSA) is 78.9 Å². The third-order valence-electron chi connectivity index (χ3n) is 3.03. The lowest BCUT2D eigenvalue weighted by Gasteiger charge is -2.26. The molecule has 0 aromatic carbocycles. The molecule has 0 aliphatic carbocycles. The minimum atomic E-state index is 0.0583. The number of nitrogens with two attached hydrogens (primary N) is 1. The van der Waals surface area contributed by atoms with Crippen LogP contribution in [0.4, 0.5) is 0 Å². The maximum absolute atomic E-state index is 12.4. The molecule has 0 aromatic rings. The van der Waals surface area contributed by atoms with Crippen LogP contribution in [0.3, 0.4) is 0 Å². The van der Waals surface area contributed by atoms with Crippen LogP contribution in [0.25, 0.3) is 0 Å². The van der Waals surface area contributed by atoms with Gasteiger partial charge in [0.25, 0.3) is 0 Å². The summed E-state index contributed by atoms with van der Waals surface area (Å²) >= 11 is 0. The Morgan fingerprint density at radius 2 is 2.00 bits per heavy atom. The zero-order chi connectivity index (χ0) is 14.0. The van der Waals surface area contributed by atoms with Crippen molar-refractivity contribution in [3.05, 3.63) is 0 Å². The molecule has 0 radical (unpaired) electrons. The minimum absolute atomic E-state index is 0.0583. The molecular formula is C13H27N3O2. The van der Waals surface area contributed by atoms with Gasteiger partial charge in [-0.1, -0.05) is 38.8 Å². The van der Waals surface area contributed by atoms with E-state index in [1.165, 1.54) is 0 Å². The van der Waals surface area contributed by atoms with Gasteiger partial charge in [-0.2, -0.15) is 0 Å². The van der Waals surface area contributed by atoms with Crippen molar-refractivity contribution in [3.63, 3.8) is 0 Å². The summed E-state index contributed by atoms with van der Waals surface area (Å²) in [6.07, 6.45) is 4.79. The molecule has 0 aliphatic rings. The Morgan fingerprint density at radius 1 is 1.33 bits per heavy atom. The van der Waals surface area contributed by atoms with E-state index in [9.17, 15) is 4.79 Å². The number of amidine groups is 1. The fraction of sp³-hybridized carbons (Fsp3) is 0.846. The molecule has 0 heterocycles. The van der Waals surface area contributed by atoms with Crippen LogP contribution in [0.15, 0.2) is 5.16 Å². The van der Waals surface area contributed by atoms with Crippen molar-refractivity contribution in [2.75, 3.05) is 13.1 Å². The molecule has 0 spiro atoms. The average Bonchev–Trinajstić information content (AvgIpc) is 2.38. The zero-order valence-electron chi connectivity index (χ0n) is 11.9. The summed E-state index contributed by atoms with van der Waals surface area (Å²) in [6.45, 7) is 7.03. The third-order valence-corrected chi connectivity index (χ3v) is 3.03. The first-order valence-corrected chi connectivity index (χ1v) is 6.85. The predicted octanol–water partition coefficient (Wildman–Crippen LogP) is 2.19. The molecule has 0 bridgehead atoms. The summed E-state index contributed by atoms with van der Waals surface area (Å²) in [7, 11) is 0. The lowest BCUT2D eigenvalue weighted by molar-refractivity contribution is -0.135. The predicted molar refractivity (Wildman–Crippen MR) is 73.6 cm³/mol. The molecule has 0 saturated heterocycles. The molecule has 0 aromatic heterocycles. The summed E-state index contributed by atoms with van der Waals surface area (Å²) in [5.41, 5.74) is 5.49. The van der Waals surface area contributed by atoms with E-state index in [0.717, 1.165) is 32.1 Å². The van der Waals surface area contributed by atoms with Crippen LogP contribution >= 0.6 is 0 Å². The number of unbranched alkanes of at least 4 members (excludes halogenated alkanes) is 1. The lowest BCUT2D eigenvalue weighted by atomic mass is 9.97. The van der Waals surface area contributed by atoms with E-state index in [1.807, 2.05) is 13.8 Å². The molecule has 0 aliphatic heterocycles. The van der Waals surface area contributed by atoms with Crippen LogP contribution in [0.1, 0.15) is 52.9 Å². The summed E-state index contributed by atoms with van der Waals surface area (Å²) in [6, 6.07) is 0. The van der Waals surface area contributed by atoms with Crippen molar-refractivity contribution >= 4 is 11.7 Å². The van der Waals surface area contributed by atoms with Gasteiger partial charge in [-0.25, -0.2) is 0 Å². The number of nitrogens with zero attached hydrogens (tertiary/aromatic N) is 2. The number of amides is 1. The van der Waals surface area contributed by atoms with Crippen LogP contribution in [0.2, 0.25) is 0 Å². The maximum Gasteiger partial charge on any atom is 0.226 e. The van der Waals surface area contributed by atoms with Gasteiger partial charge in [-0.15, -0.1) is 0 Å². The largest absolute Gasteiger partial charge is 0.409 e. The Hall–Kier alpha value is -1.26. The van der Waals surface area contributed by atoms with Crippen molar-refractivity contribution in [1.82, 2.24) is 4.90 Å². The van der Waals surface area contributed by atoms with Crippen LogP contribution < -0.4 is 5.73 Å². The Labute approximate surface area is 110 Å². The van der Waals surface area contributed by atoms with Crippen LogP contribution in [-0.2, 0) is 4.79 Å². The average molecular weight is 257 g/mol. The molecular weight excluding hydrogens is 230 g/mol. The van der Waals surface area contributed by atoms with Crippen LogP contribution in [0, 0.1) is 5.92 Å². The standard InChI is InChI=1S/C13H27N3O2/c1-4-7-8-11(6-3)13(17)16(9-5-2)10-12(14)15-18/h11,18H,4-10H2,1-3H3,(H2,14,15). The summed E-state index contributed by atoms with van der Waals surface area (Å²) in [5, 5.41) is 11.5. The second-order valence-corrected chi connectivity index (χ2v) is 4.60. The third kappa shape index (κ3) is 5.89. The first-order valence-electron chi connectivity index (χ1n) is 6.85. The van der Waals surface area contributed by atoms with E-state index >= 15 is 0 Å². The minimum Gasteiger partial charge on any atom is -0.409 e. The molecule has 3 N–H and O–H groups in total. The van der Waals surface area contributed by atoms with Crippen LogP contribution in [-0.4, -0.2) is 34.9 Å². The fourth-order valence-electron chi connectivity index (χ4n) is 1.98. The van der Waals surface area contributed by atoms with E-state index in [0.29, 0.717) is 6.54 Å². The fourth-order valence-corrected chi connectivity index (χ4v) is 1.98. The first kappa shape index (κ1) is 16.7. The SMILES string of the molecule is CCCCC(CC)C(=O)N(CCC)C/C(N)=N/O. The van der Waals surface area contributed by atoms with Gasteiger partial charge in [-0.05, 0) is 19.3 Å². The van der Waals surface area contributed by atoms with Gasteiger partial charge >= 0.3 is 0 Å². The lowest BCUT2D eigenvalue weighted by Crippen LogP contribution is -2.42. The highest BCUT2D eigenvalue weighted by molar-refractivity contribution is 5.87. The van der Waals surface area contributed by atoms with Gasteiger partial charge in [0.05, 0.1) is 6.54 Å². The van der Waals surface area contributed by atoms with Crippen molar-refractivity contribution in [2.45, 2.75) is 52.9 Å². The van der Waals surface area contributed by atoms with Crippen molar-refractivity contribution in [2.24, 2.45) is 16.8 Å². The van der Waals surface area contributed by atoms with Crippen molar-refractivity contribution in [3.8, 4) is 0 Å².